The minimum atomic E-state index is -0.424. The molecule has 0 fully saturated rings. The molecule has 0 atom stereocenters. The molecule has 0 saturated carbocycles. The third kappa shape index (κ3) is 2.10. The minimum Gasteiger partial charge on any atom is -0.330 e. The summed E-state index contributed by atoms with van der Waals surface area (Å²) >= 11 is 0. The standard InChI is InChI=1S/C12H19N5O2/c1-4-16-8(5-6-13)14-10-9(16)11(18)15-12(19)17(10)7(2)3/h7H,4-6,13H2,1-3H3,(H,15,18,19). The van der Waals surface area contributed by atoms with Gasteiger partial charge in [-0.2, -0.15) is 0 Å². The summed E-state index contributed by atoms with van der Waals surface area (Å²) in [5, 5.41) is 0. The van der Waals surface area contributed by atoms with Crippen molar-refractivity contribution in [3.8, 4) is 0 Å². The lowest BCUT2D eigenvalue weighted by molar-refractivity contribution is 0.579. The van der Waals surface area contributed by atoms with Gasteiger partial charge in [-0.15, -0.1) is 0 Å². The molecule has 2 heterocycles. The highest BCUT2D eigenvalue weighted by molar-refractivity contribution is 5.71. The monoisotopic (exact) mass is 265 g/mol. The third-order valence-electron chi connectivity index (χ3n) is 3.11. The van der Waals surface area contributed by atoms with Gasteiger partial charge in [-0.3, -0.25) is 14.3 Å². The van der Waals surface area contributed by atoms with Crippen molar-refractivity contribution in [2.24, 2.45) is 5.73 Å². The van der Waals surface area contributed by atoms with Crippen molar-refractivity contribution in [1.29, 1.82) is 0 Å². The van der Waals surface area contributed by atoms with Crippen LogP contribution < -0.4 is 17.0 Å². The quantitative estimate of drug-likeness (QED) is 0.812. The Morgan fingerprint density at radius 3 is 2.58 bits per heavy atom. The lowest BCUT2D eigenvalue weighted by Gasteiger charge is -2.09. The number of hydrogen-bond donors (Lipinski definition) is 2. The van der Waals surface area contributed by atoms with Crippen LogP contribution in [0.25, 0.3) is 11.2 Å². The van der Waals surface area contributed by atoms with Gasteiger partial charge in [0.05, 0.1) is 0 Å². The number of imidazole rings is 1. The van der Waals surface area contributed by atoms with Gasteiger partial charge in [-0.25, -0.2) is 9.78 Å². The van der Waals surface area contributed by atoms with Gasteiger partial charge in [-0.1, -0.05) is 0 Å². The van der Waals surface area contributed by atoms with Crippen LogP contribution in [0.4, 0.5) is 0 Å². The number of aryl methyl sites for hydroxylation is 1. The summed E-state index contributed by atoms with van der Waals surface area (Å²) in [6, 6.07) is -0.0715. The SMILES string of the molecule is CCn1c(CCN)nc2c1c(=O)[nH]c(=O)n2C(C)C. The predicted octanol–water partition coefficient (Wildman–Crippen LogP) is -0.0117. The first-order chi connectivity index (χ1) is 9.01. The van der Waals surface area contributed by atoms with Gasteiger partial charge in [0.15, 0.2) is 11.2 Å². The van der Waals surface area contributed by atoms with Crippen LogP contribution >= 0.6 is 0 Å². The van der Waals surface area contributed by atoms with Crippen molar-refractivity contribution in [3.05, 3.63) is 26.7 Å². The summed E-state index contributed by atoms with van der Waals surface area (Å²) in [5.41, 5.74) is 5.63. The van der Waals surface area contributed by atoms with Gasteiger partial charge < -0.3 is 10.3 Å². The number of H-pyrrole nitrogens is 1. The Hall–Kier alpha value is -1.89. The zero-order valence-electron chi connectivity index (χ0n) is 11.4. The van der Waals surface area contributed by atoms with Gasteiger partial charge >= 0.3 is 5.69 Å². The van der Waals surface area contributed by atoms with E-state index in [9.17, 15) is 9.59 Å². The molecule has 0 amide bonds. The summed E-state index contributed by atoms with van der Waals surface area (Å²) in [4.78, 5) is 30.7. The smallest absolute Gasteiger partial charge is 0.330 e. The molecule has 19 heavy (non-hydrogen) atoms. The first kappa shape index (κ1) is 13.5. The fraction of sp³-hybridized carbons (Fsp3) is 0.583. The molecule has 0 aromatic carbocycles. The lowest BCUT2D eigenvalue weighted by Crippen LogP contribution is -2.32. The highest BCUT2D eigenvalue weighted by atomic mass is 16.2. The lowest BCUT2D eigenvalue weighted by atomic mass is 10.3. The summed E-state index contributed by atoms with van der Waals surface area (Å²) in [6.07, 6.45) is 0.578. The second-order valence-corrected chi connectivity index (χ2v) is 4.71. The Morgan fingerprint density at radius 2 is 2.05 bits per heavy atom. The van der Waals surface area contributed by atoms with E-state index in [0.29, 0.717) is 30.7 Å². The van der Waals surface area contributed by atoms with Crippen LogP contribution in [0.2, 0.25) is 0 Å². The largest absolute Gasteiger partial charge is 0.330 e. The molecule has 2 aromatic rings. The van der Waals surface area contributed by atoms with Crippen LogP contribution in [0.1, 0.15) is 32.6 Å². The molecule has 0 radical (unpaired) electrons. The molecule has 7 nitrogen and oxygen atoms in total. The van der Waals surface area contributed by atoms with Crippen molar-refractivity contribution in [1.82, 2.24) is 19.1 Å². The van der Waals surface area contributed by atoms with E-state index in [2.05, 4.69) is 9.97 Å². The van der Waals surface area contributed by atoms with E-state index in [-0.39, 0.29) is 6.04 Å². The molecular formula is C12H19N5O2. The fourth-order valence-corrected chi connectivity index (χ4v) is 2.33. The van der Waals surface area contributed by atoms with Crippen LogP contribution in [-0.4, -0.2) is 25.6 Å². The number of aromatic nitrogens is 4. The molecule has 2 rings (SSSR count). The number of nitrogens with two attached hydrogens (primary N) is 1. The molecule has 3 N–H and O–H groups in total. The fourth-order valence-electron chi connectivity index (χ4n) is 2.33. The average molecular weight is 265 g/mol. The molecule has 0 spiro atoms. The van der Waals surface area contributed by atoms with E-state index in [1.54, 1.807) is 0 Å². The Bertz CT molecular complexity index is 707. The Labute approximate surface area is 110 Å². The summed E-state index contributed by atoms with van der Waals surface area (Å²) in [5.74, 6) is 0.741. The maximum Gasteiger partial charge on any atom is 0.330 e. The van der Waals surface area contributed by atoms with E-state index in [1.807, 2.05) is 25.3 Å². The topological polar surface area (TPSA) is 98.7 Å². The maximum absolute atomic E-state index is 12.0. The van der Waals surface area contributed by atoms with E-state index in [4.69, 9.17) is 5.73 Å². The van der Waals surface area contributed by atoms with Crippen molar-refractivity contribution in [2.75, 3.05) is 6.54 Å². The van der Waals surface area contributed by atoms with Crippen LogP contribution in [-0.2, 0) is 13.0 Å². The summed E-state index contributed by atoms with van der Waals surface area (Å²) in [7, 11) is 0. The molecule has 104 valence electrons. The van der Waals surface area contributed by atoms with E-state index in [1.165, 1.54) is 4.57 Å². The molecule has 0 unspecified atom stereocenters. The number of rotatable bonds is 4. The molecule has 0 aliphatic heterocycles. The Balaban J connectivity index is 2.93. The minimum absolute atomic E-state index is 0.0715. The molecule has 7 heteroatoms. The first-order valence-corrected chi connectivity index (χ1v) is 6.45. The normalized spacial score (nSPS) is 11.6. The molecule has 0 aliphatic rings. The van der Waals surface area contributed by atoms with Crippen LogP contribution in [0.3, 0.4) is 0 Å². The Morgan fingerprint density at radius 1 is 1.37 bits per heavy atom. The number of fused-ring (bicyclic) bond motifs is 1. The first-order valence-electron chi connectivity index (χ1n) is 6.45. The van der Waals surface area contributed by atoms with E-state index >= 15 is 0 Å². The predicted molar refractivity (Wildman–Crippen MR) is 73.4 cm³/mol. The van der Waals surface area contributed by atoms with Crippen molar-refractivity contribution < 1.29 is 0 Å². The van der Waals surface area contributed by atoms with Gasteiger partial charge in [0.25, 0.3) is 5.56 Å². The second kappa shape index (κ2) is 5.00. The highest BCUT2D eigenvalue weighted by Gasteiger charge is 2.18. The van der Waals surface area contributed by atoms with Crippen LogP contribution in [0, 0.1) is 0 Å². The summed E-state index contributed by atoms with van der Waals surface area (Å²) < 4.78 is 3.32. The number of hydrogen-bond acceptors (Lipinski definition) is 4. The highest BCUT2D eigenvalue weighted by Crippen LogP contribution is 2.14. The summed E-state index contributed by atoms with van der Waals surface area (Å²) in [6.45, 7) is 6.77. The maximum atomic E-state index is 12.0. The molecule has 0 bridgehead atoms. The zero-order chi connectivity index (χ0) is 14.2. The molecular weight excluding hydrogens is 246 g/mol. The number of aromatic amines is 1. The molecule has 0 saturated heterocycles. The average Bonchev–Trinajstić information content (AvgIpc) is 2.67. The van der Waals surface area contributed by atoms with E-state index in [0.717, 1.165) is 5.82 Å². The van der Waals surface area contributed by atoms with Gasteiger partial charge in [0.1, 0.15) is 5.82 Å². The zero-order valence-corrected chi connectivity index (χ0v) is 11.4. The van der Waals surface area contributed by atoms with Crippen molar-refractivity contribution >= 4 is 11.2 Å². The third-order valence-corrected chi connectivity index (χ3v) is 3.11. The number of nitrogens with zero attached hydrogens (tertiary/aromatic N) is 3. The van der Waals surface area contributed by atoms with Gasteiger partial charge in [0, 0.05) is 19.0 Å². The molecule has 0 aliphatic carbocycles. The van der Waals surface area contributed by atoms with Crippen LogP contribution in [0.15, 0.2) is 9.59 Å². The van der Waals surface area contributed by atoms with Crippen molar-refractivity contribution in [2.45, 2.75) is 39.8 Å². The second-order valence-electron chi connectivity index (χ2n) is 4.71. The Kier molecular flexibility index (Phi) is 3.57. The van der Waals surface area contributed by atoms with Gasteiger partial charge in [-0.05, 0) is 27.3 Å². The number of nitrogens with one attached hydrogen (secondary N) is 1. The van der Waals surface area contributed by atoms with Gasteiger partial charge in [0.2, 0.25) is 0 Å². The van der Waals surface area contributed by atoms with E-state index < -0.39 is 11.2 Å². The van der Waals surface area contributed by atoms with Crippen LogP contribution in [0.5, 0.6) is 0 Å². The molecule has 2 aromatic heterocycles. The van der Waals surface area contributed by atoms with Crippen molar-refractivity contribution in [3.63, 3.8) is 0 Å².